The van der Waals surface area contributed by atoms with Crippen LogP contribution in [0.4, 0.5) is 4.39 Å². The molecule has 22 heavy (non-hydrogen) atoms. The van der Waals surface area contributed by atoms with Crippen LogP contribution in [0, 0.1) is 12.7 Å². The molecular formula is C14H12FN5OS. The van der Waals surface area contributed by atoms with Gasteiger partial charge >= 0.3 is 0 Å². The molecule has 1 amide bonds. The summed E-state index contributed by atoms with van der Waals surface area (Å²) < 4.78 is 12.9. The van der Waals surface area contributed by atoms with Gasteiger partial charge in [-0.05, 0) is 31.2 Å². The third-order valence-electron chi connectivity index (χ3n) is 2.85. The predicted molar refractivity (Wildman–Crippen MR) is 79.3 cm³/mol. The average molecular weight is 317 g/mol. The molecule has 0 aliphatic heterocycles. The zero-order valence-electron chi connectivity index (χ0n) is 11.7. The number of hydrogen-bond donors (Lipinski definition) is 1. The molecule has 112 valence electrons. The van der Waals surface area contributed by atoms with Crippen LogP contribution in [0.25, 0.3) is 5.69 Å². The van der Waals surface area contributed by atoms with Crippen LogP contribution < -0.4 is 5.32 Å². The van der Waals surface area contributed by atoms with Crippen molar-refractivity contribution in [2.24, 2.45) is 0 Å². The average Bonchev–Trinajstić information content (AvgIpc) is 3.15. The highest BCUT2D eigenvalue weighted by Crippen LogP contribution is 2.11. The van der Waals surface area contributed by atoms with Crippen LogP contribution in [0.15, 0.2) is 36.7 Å². The Morgan fingerprint density at radius 3 is 2.77 bits per heavy atom. The summed E-state index contributed by atoms with van der Waals surface area (Å²) in [5.74, 6) is -0.672. The molecule has 0 spiro atoms. The monoisotopic (exact) mass is 317 g/mol. The number of rotatable bonds is 4. The molecule has 0 atom stereocenters. The molecule has 0 bridgehead atoms. The molecular weight excluding hydrogens is 305 g/mol. The van der Waals surface area contributed by atoms with Gasteiger partial charge in [0.25, 0.3) is 5.91 Å². The van der Waals surface area contributed by atoms with Gasteiger partial charge in [-0.25, -0.2) is 9.37 Å². The highest BCUT2D eigenvalue weighted by Gasteiger charge is 2.12. The van der Waals surface area contributed by atoms with Crippen molar-refractivity contribution < 1.29 is 9.18 Å². The summed E-state index contributed by atoms with van der Waals surface area (Å²) in [5, 5.41) is 11.7. The Labute approximate surface area is 129 Å². The van der Waals surface area contributed by atoms with E-state index in [9.17, 15) is 9.18 Å². The van der Waals surface area contributed by atoms with Gasteiger partial charge in [0, 0.05) is 11.1 Å². The van der Waals surface area contributed by atoms with Crippen LogP contribution in [0.3, 0.4) is 0 Å². The van der Waals surface area contributed by atoms with E-state index in [0.717, 1.165) is 9.88 Å². The van der Waals surface area contributed by atoms with Gasteiger partial charge in [0.1, 0.15) is 10.8 Å². The van der Waals surface area contributed by atoms with Crippen molar-refractivity contribution in [3.63, 3.8) is 0 Å². The first kappa shape index (κ1) is 14.3. The normalized spacial score (nSPS) is 10.6. The summed E-state index contributed by atoms with van der Waals surface area (Å²) in [7, 11) is 0. The third-order valence-corrected chi connectivity index (χ3v) is 3.76. The number of nitrogens with zero attached hydrogens (tertiary/aromatic N) is 4. The number of carbonyl (C=O) groups is 1. The topological polar surface area (TPSA) is 72.7 Å². The van der Waals surface area contributed by atoms with E-state index in [1.165, 1.54) is 46.6 Å². The van der Waals surface area contributed by atoms with Crippen molar-refractivity contribution in [1.82, 2.24) is 25.3 Å². The lowest BCUT2D eigenvalue weighted by Gasteiger charge is -2.00. The zero-order chi connectivity index (χ0) is 15.5. The fraction of sp³-hybridized carbons (Fsp3) is 0.143. The van der Waals surface area contributed by atoms with E-state index >= 15 is 0 Å². The van der Waals surface area contributed by atoms with Gasteiger partial charge in [-0.2, -0.15) is 9.90 Å². The fourth-order valence-corrected chi connectivity index (χ4v) is 2.52. The Morgan fingerprint density at radius 2 is 2.09 bits per heavy atom. The Kier molecular flexibility index (Phi) is 3.92. The number of carbonyl (C=O) groups excluding carboxylic acids is 1. The van der Waals surface area contributed by atoms with Gasteiger partial charge in [-0.15, -0.1) is 16.4 Å². The number of halogens is 1. The minimum atomic E-state index is -0.340. The predicted octanol–water partition coefficient (Wildman–Crippen LogP) is 2.10. The van der Waals surface area contributed by atoms with Crippen LogP contribution in [0.1, 0.15) is 20.4 Å². The first-order chi connectivity index (χ1) is 10.6. The van der Waals surface area contributed by atoms with E-state index in [4.69, 9.17) is 0 Å². The first-order valence-electron chi connectivity index (χ1n) is 6.49. The van der Waals surface area contributed by atoms with Crippen LogP contribution >= 0.6 is 11.3 Å². The SMILES string of the molecule is Cc1cnc(CNC(=O)c2cnn(-c3ccc(F)cc3)n2)s1. The van der Waals surface area contributed by atoms with E-state index in [1.54, 1.807) is 6.20 Å². The quantitative estimate of drug-likeness (QED) is 0.800. The minimum Gasteiger partial charge on any atom is -0.344 e. The lowest BCUT2D eigenvalue weighted by Crippen LogP contribution is -2.23. The lowest BCUT2D eigenvalue weighted by molar-refractivity contribution is 0.0945. The summed E-state index contributed by atoms with van der Waals surface area (Å²) in [6.07, 6.45) is 3.13. The molecule has 3 rings (SSSR count). The second-order valence-corrected chi connectivity index (χ2v) is 5.86. The van der Waals surface area contributed by atoms with Gasteiger partial charge in [0.05, 0.1) is 18.4 Å². The number of nitrogens with one attached hydrogen (secondary N) is 1. The Morgan fingerprint density at radius 1 is 1.32 bits per heavy atom. The van der Waals surface area contributed by atoms with Gasteiger partial charge in [0.15, 0.2) is 5.69 Å². The molecule has 2 heterocycles. The van der Waals surface area contributed by atoms with E-state index in [-0.39, 0.29) is 17.4 Å². The third kappa shape index (κ3) is 3.17. The fourth-order valence-electron chi connectivity index (χ4n) is 1.80. The molecule has 0 saturated carbocycles. The van der Waals surface area contributed by atoms with Crippen molar-refractivity contribution >= 4 is 17.2 Å². The number of amides is 1. The van der Waals surface area contributed by atoms with E-state index < -0.39 is 0 Å². The highest BCUT2D eigenvalue weighted by atomic mass is 32.1. The molecule has 6 nitrogen and oxygen atoms in total. The van der Waals surface area contributed by atoms with Crippen LogP contribution in [0.5, 0.6) is 0 Å². The van der Waals surface area contributed by atoms with Gasteiger partial charge in [-0.3, -0.25) is 4.79 Å². The molecule has 0 aliphatic rings. The van der Waals surface area contributed by atoms with Crippen LogP contribution in [-0.2, 0) is 6.54 Å². The Hall–Kier alpha value is -2.61. The van der Waals surface area contributed by atoms with Crippen LogP contribution in [-0.4, -0.2) is 25.9 Å². The second kappa shape index (κ2) is 6.02. The van der Waals surface area contributed by atoms with Crippen molar-refractivity contribution in [3.05, 3.63) is 58.1 Å². The molecule has 0 saturated heterocycles. The Balaban J connectivity index is 1.67. The molecule has 3 aromatic rings. The Bertz CT molecular complexity index is 796. The molecule has 0 unspecified atom stereocenters. The number of hydrogen-bond acceptors (Lipinski definition) is 5. The van der Waals surface area contributed by atoms with Crippen molar-refractivity contribution in [2.45, 2.75) is 13.5 Å². The van der Waals surface area contributed by atoms with E-state index in [0.29, 0.717) is 12.2 Å². The summed E-state index contributed by atoms with van der Waals surface area (Å²) in [4.78, 5) is 18.6. The summed E-state index contributed by atoms with van der Waals surface area (Å²) in [5.41, 5.74) is 0.772. The molecule has 1 N–H and O–H groups in total. The lowest BCUT2D eigenvalue weighted by atomic mass is 10.3. The van der Waals surface area contributed by atoms with E-state index in [2.05, 4.69) is 20.5 Å². The molecule has 1 aromatic carbocycles. The standard InChI is InChI=1S/C14H12FN5OS/c1-9-6-16-13(22-9)8-17-14(21)12-7-18-20(19-12)11-4-2-10(15)3-5-11/h2-7H,8H2,1H3,(H,17,21). The smallest absolute Gasteiger partial charge is 0.273 e. The summed E-state index contributed by atoms with van der Waals surface area (Å²) in [6, 6.07) is 5.69. The maximum absolute atomic E-state index is 12.9. The molecule has 0 fully saturated rings. The highest BCUT2D eigenvalue weighted by molar-refractivity contribution is 7.11. The van der Waals surface area contributed by atoms with Crippen molar-refractivity contribution in [2.75, 3.05) is 0 Å². The molecule has 0 radical (unpaired) electrons. The van der Waals surface area contributed by atoms with Gasteiger partial charge < -0.3 is 5.32 Å². The van der Waals surface area contributed by atoms with Crippen LogP contribution in [0.2, 0.25) is 0 Å². The maximum Gasteiger partial charge on any atom is 0.273 e. The largest absolute Gasteiger partial charge is 0.344 e. The molecule has 0 aliphatic carbocycles. The number of benzene rings is 1. The van der Waals surface area contributed by atoms with Gasteiger partial charge in [-0.1, -0.05) is 0 Å². The molecule has 2 aromatic heterocycles. The number of aromatic nitrogens is 4. The van der Waals surface area contributed by atoms with E-state index in [1.807, 2.05) is 6.92 Å². The summed E-state index contributed by atoms with van der Waals surface area (Å²) in [6.45, 7) is 2.30. The molecule has 8 heteroatoms. The number of thiazole rings is 1. The van der Waals surface area contributed by atoms with Crippen molar-refractivity contribution in [3.8, 4) is 5.69 Å². The zero-order valence-corrected chi connectivity index (χ0v) is 12.5. The maximum atomic E-state index is 12.9. The first-order valence-corrected chi connectivity index (χ1v) is 7.31. The summed E-state index contributed by atoms with van der Waals surface area (Å²) >= 11 is 1.53. The van der Waals surface area contributed by atoms with Gasteiger partial charge in [0.2, 0.25) is 0 Å². The minimum absolute atomic E-state index is 0.192. The van der Waals surface area contributed by atoms with Crippen molar-refractivity contribution in [1.29, 1.82) is 0 Å². The second-order valence-electron chi connectivity index (χ2n) is 4.54. The number of aryl methyl sites for hydroxylation is 1.